The van der Waals surface area contributed by atoms with E-state index in [2.05, 4.69) is 5.10 Å². The van der Waals surface area contributed by atoms with Crippen molar-refractivity contribution in [1.29, 1.82) is 0 Å². The zero-order valence-electron chi connectivity index (χ0n) is 10.6. The number of carbonyl (C=O) groups is 1. The highest BCUT2D eigenvalue weighted by atomic mass is 35.5. The third-order valence-electron chi connectivity index (χ3n) is 2.46. The van der Waals surface area contributed by atoms with Crippen molar-refractivity contribution in [2.45, 2.75) is 6.92 Å². The summed E-state index contributed by atoms with van der Waals surface area (Å²) in [4.78, 5) is 11.6. The molecule has 0 atom stereocenters. The smallest absolute Gasteiger partial charge is 0.360 e. The zero-order chi connectivity index (χ0) is 13.8. The van der Waals surface area contributed by atoms with Crippen molar-refractivity contribution in [2.24, 2.45) is 0 Å². The van der Waals surface area contributed by atoms with Crippen LogP contribution < -0.4 is 4.74 Å². The summed E-state index contributed by atoms with van der Waals surface area (Å²) in [6.07, 6.45) is 1.56. The van der Waals surface area contributed by atoms with Crippen LogP contribution in [-0.4, -0.2) is 29.5 Å². The summed E-state index contributed by atoms with van der Waals surface area (Å²) >= 11 is 5.98. The highest BCUT2D eigenvalue weighted by Gasteiger charge is 2.17. The van der Waals surface area contributed by atoms with Crippen molar-refractivity contribution < 1.29 is 14.3 Å². The molecule has 0 aliphatic rings. The summed E-state index contributed by atoms with van der Waals surface area (Å²) in [5.74, 6) is 0.163. The molecule has 0 radical (unpaired) electrons. The van der Waals surface area contributed by atoms with Gasteiger partial charge in [0, 0.05) is 6.07 Å². The summed E-state index contributed by atoms with van der Waals surface area (Å²) < 4.78 is 11.5. The van der Waals surface area contributed by atoms with Crippen LogP contribution in [0.25, 0.3) is 5.69 Å². The maximum atomic E-state index is 11.6. The monoisotopic (exact) mass is 280 g/mol. The summed E-state index contributed by atoms with van der Waals surface area (Å²) in [5.41, 5.74) is 0.850. The van der Waals surface area contributed by atoms with E-state index in [0.29, 0.717) is 5.75 Å². The van der Waals surface area contributed by atoms with Crippen molar-refractivity contribution in [3.63, 3.8) is 0 Å². The molecule has 0 aliphatic carbocycles. The van der Waals surface area contributed by atoms with Gasteiger partial charge >= 0.3 is 5.97 Å². The topological polar surface area (TPSA) is 53.3 Å². The van der Waals surface area contributed by atoms with E-state index in [4.69, 9.17) is 21.1 Å². The summed E-state index contributed by atoms with van der Waals surface area (Å²) in [7, 11) is 1.58. The van der Waals surface area contributed by atoms with E-state index in [9.17, 15) is 4.79 Å². The number of hydrogen-bond donors (Lipinski definition) is 0. The van der Waals surface area contributed by atoms with Gasteiger partial charge in [-0.2, -0.15) is 5.10 Å². The molecule has 0 spiro atoms. The Bertz CT molecular complexity index is 595. The molecule has 0 fully saturated rings. The number of esters is 1. The Balaban J connectivity index is 2.36. The maximum Gasteiger partial charge on any atom is 0.360 e. The van der Waals surface area contributed by atoms with Gasteiger partial charge in [0.2, 0.25) is 0 Å². The molecule has 0 bridgehead atoms. The fraction of sp³-hybridized carbons (Fsp3) is 0.231. The molecule has 0 aliphatic heterocycles. The standard InChI is InChI=1S/C13H13ClN2O3/c1-3-19-13(17)12-11(14)8-16(15-12)9-5-4-6-10(7-9)18-2/h4-8H,3H2,1-2H3. The van der Waals surface area contributed by atoms with Gasteiger partial charge in [-0.3, -0.25) is 0 Å². The quantitative estimate of drug-likeness (QED) is 0.808. The van der Waals surface area contributed by atoms with E-state index >= 15 is 0 Å². The van der Waals surface area contributed by atoms with Crippen LogP contribution in [0.4, 0.5) is 0 Å². The first-order valence-electron chi connectivity index (χ1n) is 5.72. The van der Waals surface area contributed by atoms with Crippen LogP contribution in [0.5, 0.6) is 5.75 Å². The fourth-order valence-electron chi connectivity index (χ4n) is 1.58. The molecule has 0 saturated heterocycles. The SMILES string of the molecule is CCOC(=O)c1nn(-c2cccc(OC)c2)cc1Cl. The van der Waals surface area contributed by atoms with Crippen molar-refractivity contribution in [2.75, 3.05) is 13.7 Å². The first-order chi connectivity index (χ1) is 9.15. The maximum absolute atomic E-state index is 11.6. The Labute approximate surface area is 115 Å². The molecule has 5 nitrogen and oxygen atoms in total. The highest BCUT2D eigenvalue weighted by Crippen LogP contribution is 2.20. The van der Waals surface area contributed by atoms with Gasteiger partial charge in [-0.1, -0.05) is 17.7 Å². The van der Waals surface area contributed by atoms with Crippen LogP contribution in [0.3, 0.4) is 0 Å². The second-order valence-electron chi connectivity index (χ2n) is 3.69. The predicted molar refractivity (Wildman–Crippen MR) is 71.1 cm³/mol. The molecule has 0 amide bonds. The Kier molecular flexibility index (Phi) is 4.06. The molecule has 6 heteroatoms. The second-order valence-corrected chi connectivity index (χ2v) is 4.10. The van der Waals surface area contributed by atoms with Gasteiger partial charge in [0.15, 0.2) is 5.69 Å². The number of aromatic nitrogens is 2. The zero-order valence-corrected chi connectivity index (χ0v) is 11.3. The van der Waals surface area contributed by atoms with E-state index in [1.54, 1.807) is 26.3 Å². The number of hydrogen-bond acceptors (Lipinski definition) is 4. The molecule has 0 saturated carbocycles. The Morgan fingerprint density at radius 3 is 2.95 bits per heavy atom. The second kappa shape index (κ2) is 5.75. The Morgan fingerprint density at radius 2 is 2.26 bits per heavy atom. The van der Waals surface area contributed by atoms with Crippen LogP contribution in [0.2, 0.25) is 5.02 Å². The van der Waals surface area contributed by atoms with Crippen molar-refractivity contribution in [3.05, 3.63) is 41.2 Å². The third kappa shape index (κ3) is 2.88. The molecular weight excluding hydrogens is 268 g/mol. The predicted octanol–water partition coefficient (Wildman–Crippen LogP) is 2.71. The Morgan fingerprint density at radius 1 is 1.47 bits per heavy atom. The molecule has 1 aromatic heterocycles. The van der Waals surface area contributed by atoms with Crippen molar-refractivity contribution in [1.82, 2.24) is 9.78 Å². The molecule has 100 valence electrons. The van der Waals surface area contributed by atoms with E-state index < -0.39 is 5.97 Å². The average molecular weight is 281 g/mol. The minimum absolute atomic E-state index is 0.103. The number of halogens is 1. The van der Waals surface area contributed by atoms with Crippen LogP contribution in [0.15, 0.2) is 30.5 Å². The molecule has 19 heavy (non-hydrogen) atoms. The summed E-state index contributed by atoms with van der Waals surface area (Å²) in [6, 6.07) is 7.27. The lowest BCUT2D eigenvalue weighted by molar-refractivity contribution is 0.0519. The number of methoxy groups -OCH3 is 1. The lowest BCUT2D eigenvalue weighted by atomic mass is 10.3. The number of benzene rings is 1. The van der Waals surface area contributed by atoms with Gasteiger partial charge in [0.25, 0.3) is 0 Å². The normalized spacial score (nSPS) is 10.3. The Hall–Kier alpha value is -2.01. The minimum atomic E-state index is -0.533. The number of ether oxygens (including phenoxy) is 2. The largest absolute Gasteiger partial charge is 0.497 e. The summed E-state index contributed by atoms with van der Waals surface area (Å²) in [5, 5.41) is 4.38. The molecular formula is C13H13ClN2O3. The van der Waals surface area contributed by atoms with Crippen LogP contribution in [0, 0.1) is 0 Å². The van der Waals surface area contributed by atoms with Gasteiger partial charge in [0.05, 0.1) is 30.6 Å². The van der Waals surface area contributed by atoms with Gasteiger partial charge in [-0.05, 0) is 19.1 Å². The van der Waals surface area contributed by atoms with Crippen LogP contribution in [0.1, 0.15) is 17.4 Å². The summed E-state index contributed by atoms with van der Waals surface area (Å²) in [6.45, 7) is 2.01. The molecule has 0 N–H and O–H groups in total. The van der Waals surface area contributed by atoms with E-state index in [1.807, 2.05) is 18.2 Å². The van der Waals surface area contributed by atoms with Crippen LogP contribution in [-0.2, 0) is 4.74 Å². The number of rotatable bonds is 4. The first kappa shape index (κ1) is 13.4. The molecule has 2 rings (SSSR count). The van der Waals surface area contributed by atoms with E-state index in [0.717, 1.165) is 5.69 Å². The van der Waals surface area contributed by atoms with E-state index in [1.165, 1.54) is 4.68 Å². The van der Waals surface area contributed by atoms with Gasteiger partial charge in [-0.15, -0.1) is 0 Å². The number of carbonyl (C=O) groups excluding carboxylic acids is 1. The highest BCUT2D eigenvalue weighted by molar-refractivity contribution is 6.33. The van der Waals surface area contributed by atoms with Crippen LogP contribution >= 0.6 is 11.6 Å². The van der Waals surface area contributed by atoms with Crippen molar-refractivity contribution >= 4 is 17.6 Å². The first-order valence-corrected chi connectivity index (χ1v) is 6.10. The van der Waals surface area contributed by atoms with Crippen molar-refractivity contribution in [3.8, 4) is 11.4 Å². The average Bonchev–Trinajstić information content (AvgIpc) is 2.81. The van der Waals surface area contributed by atoms with Gasteiger partial charge in [-0.25, -0.2) is 9.48 Å². The minimum Gasteiger partial charge on any atom is -0.497 e. The fourth-order valence-corrected chi connectivity index (χ4v) is 1.78. The molecule has 1 aromatic carbocycles. The lowest BCUT2D eigenvalue weighted by Crippen LogP contribution is -2.07. The van der Waals surface area contributed by atoms with E-state index in [-0.39, 0.29) is 17.3 Å². The molecule has 1 heterocycles. The molecule has 2 aromatic rings. The molecule has 0 unspecified atom stereocenters. The van der Waals surface area contributed by atoms with Gasteiger partial charge < -0.3 is 9.47 Å². The van der Waals surface area contributed by atoms with Gasteiger partial charge in [0.1, 0.15) is 5.75 Å². The number of nitrogens with zero attached hydrogens (tertiary/aromatic N) is 2. The third-order valence-corrected chi connectivity index (χ3v) is 2.73. The lowest BCUT2D eigenvalue weighted by Gasteiger charge is -2.04.